The van der Waals surface area contributed by atoms with E-state index in [0.717, 1.165) is 0 Å². The smallest absolute Gasteiger partial charge is 0.261 e. The average Bonchev–Trinajstić information content (AvgIpc) is 2.61. The lowest BCUT2D eigenvalue weighted by Gasteiger charge is -2.20. The molecule has 0 fully saturated rings. The molecule has 2 aromatic rings. The van der Waals surface area contributed by atoms with Crippen molar-refractivity contribution in [1.29, 1.82) is 0 Å². The third kappa shape index (κ3) is 3.33. The summed E-state index contributed by atoms with van der Waals surface area (Å²) in [5, 5.41) is 2.65. The maximum atomic E-state index is 12.6. The molecule has 0 radical (unpaired) electrons. The van der Waals surface area contributed by atoms with Crippen LogP contribution in [0, 0.1) is 5.92 Å². The standard InChI is InChI=1S/C19H20N2O5/c1-10-6-15-12(16(22)7-10)9-13(19(24)21-15)18(23)20-14-5-4-11(25-2)8-17(14)26-3/h4-5,8-10H,6-7H2,1-3H3,(H,20,23)(H,21,24)/t10-/m0/s1. The molecule has 1 aromatic heterocycles. The molecule has 0 spiro atoms. The van der Waals surface area contributed by atoms with Crippen LogP contribution in [0.2, 0.25) is 0 Å². The van der Waals surface area contributed by atoms with Gasteiger partial charge < -0.3 is 19.8 Å². The summed E-state index contributed by atoms with van der Waals surface area (Å²) in [6, 6.07) is 6.29. The molecule has 1 heterocycles. The van der Waals surface area contributed by atoms with Crippen molar-refractivity contribution in [2.24, 2.45) is 5.92 Å². The number of hydrogen-bond donors (Lipinski definition) is 2. The number of rotatable bonds is 4. The largest absolute Gasteiger partial charge is 0.497 e. The number of carbonyl (C=O) groups is 2. The van der Waals surface area contributed by atoms with Gasteiger partial charge in [-0.05, 0) is 30.5 Å². The second-order valence-electron chi connectivity index (χ2n) is 6.36. The van der Waals surface area contributed by atoms with Gasteiger partial charge >= 0.3 is 0 Å². The number of pyridine rings is 1. The fourth-order valence-electron chi connectivity index (χ4n) is 3.09. The summed E-state index contributed by atoms with van der Waals surface area (Å²) in [5.74, 6) is 0.479. The van der Waals surface area contributed by atoms with Gasteiger partial charge in [-0.1, -0.05) is 6.92 Å². The van der Waals surface area contributed by atoms with Gasteiger partial charge in [-0.25, -0.2) is 0 Å². The number of aromatic nitrogens is 1. The first-order valence-corrected chi connectivity index (χ1v) is 8.25. The van der Waals surface area contributed by atoms with E-state index in [4.69, 9.17) is 9.47 Å². The molecular weight excluding hydrogens is 336 g/mol. The number of anilines is 1. The molecule has 2 N–H and O–H groups in total. The van der Waals surface area contributed by atoms with Crippen LogP contribution in [0.5, 0.6) is 11.5 Å². The van der Waals surface area contributed by atoms with Crippen molar-refractivity contribution in [3.8, 4) is 11.5 Å². The van der Waals surface area contributed by atoms with E-state index in [0.29, 0.717) is 41.3 Å². The van der Waals surface area contributed by atoms with Crippen LogP contribution in [0.1, 0.15) is 39.8 Å². The molecule has 0 aliphatic heterocycles. The predicted octanol–water partition coefficient (Wildman–Crippen LogP) is 2.41. The number of amides is 1. The molecule has 0 saturated carbocycles. The van der Waals surface area contributed by atoms with Crippen LogP contribution < -0.4 is 20.3 Å². The molecule has 3 rings (SSSR count). The van der Waals surface area contributed by atoms with Gasteiger partial charge in [-0.3, -0.25) is 14.4 Å². The fraction of sp³-hybridized carbons (Fsp3) is 0.316. The number of nitrogens with one attached hydrogen (secondary N) is 2. The topological polar surface area (TPSA) is 97.5 Å². The van der Waals surface area contributed by atoms with E-state index in [9.17, 15) is 14.4 Å². The lowest BCUT2D eigenvalue weighted by atomic mass is 9.86. The lowest BCUT2D eigenvalue weighted by molar-refractivity contribution is 0.0952. The van der Waals surface area contributed by atoms with Gasteiger partial charge in [-0.2, -0.15) is 0 Å². The normalized spacial score (nSPS) is 16.0. The van der Waals surface area contributed by atoms with Crippen LogP contribution in [0.25, 0.3) is 0 Å². The summed E-state index contributed by atoms with van der Waals surface area (Å²) in [6.07, 6.45) is 1.02. The quantitative estimate of drug-likeness (QED) is 0.877. The molecule has 1 aliphatic carbocycles. The zero-order valence-electron chi connectivity index (χ0n) is 14.8. The Labute approximate surface area is 150 Å². The van der Waals surface area contributed by atoms with Crippen LogP contribution in [-0.2, 0) is 6.42 Å². The second-order valence-corrected chi connectivity index (χ2v) is 6.36. The summed E-state index contributed by atoms with van der Waals surface area (Å²) in [7, 11) is 2.99. The summed E-state index contributed by atoms with van der Waals surface area (Å²) in [4.78, 5) is 39.8. The molecule has 0 saturated heterocycles. The number of H-pyrrole nitrogens is 1. The highest BCUT2D eigenvalue weighted by molar-refractivity contribution is 6.07. The molecule has 1 aliphatic rings. The number of ketones is 1. The van der Waals surface area contributed by atoms with E-state index in [2.05, 4.69) is 10.3 Å². The first kappa shape index (κ1) is 17.7. The average molecular weight is 356 g/mol. The highest BCUT2D eigenvalue weighted by Crippen LogP contribution is 2.29. The van der Waals surface area contributed by atoms with Crippen LogP contribution in [-0.4, -0.2) is 30.9 Å². The molecule has 0 bridgehead atoms. The zero-order valence-corrected chi connectivity index (χ0v) is 14.8. The Bertz CT molecular complexity index is 932. The van der Waals surface area contributed by atoms with Crippen molar-refractivity contribution >= 4 is 17.4 Å². The molecule has 1 amide bonds. The van der Waals surface area contributed by atoms with Gasteiger partial charge in [0.2, 0.25) is 0 Å². The lowest BCUT2D eigenvalue weighted by Crippen LogP contribution is -2.29. The molecule has 1 atom stereocenters. The van der Waals surface area contributed by atoms with Crippen LogP contribution in [0.4, 0.5) is 5.69 Å². The van der Waals surface area contributed by atoms with Gasteiger partial charge in [0.25, 0.3) is 11.5 Å². The Morgan fingerprint density at radius 3 is 2.62 bits per heavy atom. The van der Waals surface area contributed by atoms with Crippen molar-refractivity contribution in [1.82, 2.24) is 4.98 Å². The number of carbonyl (C=O) groups excluding carboxylic acids is 2. The van der Waals surface area contributed by atoms with E-state index in [-0.39, 0.29) is 17.3 Å². The van der Waals surface area contributed by atoms with Gasteiger partial charge in [0.05, 0.1) is 19.9 Å². The van der Waals surface area contributed by atoms with Crippen molar-refractivity contribution in [3.63, 3.8) is 0 Å². The number of ether oxygens (including phenoxy) is 2. The Morgan fingerprint density at radius 2 is 1.92 bits per heavy atom. The Kier molecular flexibility index (Phi) is 4.79. The summed E-state index contributed by atoms with van der Waals surface area (Å²) >= 11 is 0. The number of fused-ring (bicyclic) bond motifs is 1. The third-order valence-electron chi connectivity index (χ3n) is 4.41. The van der Waals surface area contributed by atoms with Gasteiger partial charge in [0.1, 0.15) is 17.1 Å². The number of hydrogen-bond acceptors (Lipinski definition) is 5. The number of benzene rings is 1. The Hall–Kier alpha value is -3.09. The van der Waals surface area contributed by atoms with E-state index < -0.39 is 11.5 Å². The van der Waals surface area contributed by atoms with Gasteiger partial charge in [0.15, 0.2) is 5.78 Å². The van der Waals surface area contributed by atoms with E-state index in [1.165, 1.54) is 20.3 Å². The molecule has 7 heteroatoms. The SMILES string of the molecule is COc1ccc(NC(=O)c2cc3c([nH]c2=O)C[C@H](C)CC3=O)c(OC)c1. The van der Waals surface area contributed by atoms with Crippen molar-refractivity contribution in [2.45, 2.75) is 19.8 Å². The first-order valence-electron chi connectivity index (χ1n) is 8.25. The summed E-state index contributed by atoms with van der Waals surface area (Å²) in [6.45, 7) is 1.95. The number of aromatic amines is 1. The molecule has 136 valence electrons. The van der Waals surface area contributed by atoms with E-state index in [1.54, 1.807) is 18.2 Å². The molecule has 1 aromatic carbocycles. The third-order valence-corrected chi connectivity index (χ3v) is 4.41. The van der Waals surface area contributed by atoms with Crippen molar-refractivity contribution < 1.29 is 19.1 Å². The Morgan fingerprint density at radius 1 is 1.15 bits per heavy atom. The monoisotopic (exact) mass is 356 g/mol. The van der Waals surface area contributed by atoms with Gasteiger partial charge in [-0.15, -0.1) is 0 Å². The first-order chi connectivity index (χ1) is 12.4. The van der Waals surface area contributed by atoms with Crippen LogP contribution >= 0.6 is 0 Å². The molecular formula is C19H20N2O5. The predicted molar refractivity (Wildman–Crippen MR) is 96.4 cm³/mol. The van der Waals surface area contributed by atoms with Crippen molar-refractivity contribution in [3.05, 3.63) is 51.4 Å². The molecule has 0 unspecified atom stereocenters. The maximum absolute atomic E-state index is 12.6. The van der Waals surface area contributed by atoms with E-state index in [1.807, 2.05) is 6.92 Å². The Balaban J connectivity index is 1.93. The van der Waals surface area contributed by atoms with E-state index >= 15 is 0 Å². The zero-order chi connectivity index (χ0) is 18.8. The summed E-state index contributed by atoms with van der Waals surface area (Å²) in [5.41, 5.74) is 0.780. The fourth-order valence-corrected chi connectivity index (χ4v) is 3.09. The minimum absolute atomic E-state index is 0.0638. The van der Waals surface area contributed by atoms with Crippen molar-refractivity contribution in [2.75, 3.05) is 19.5 Å². The highest BCUT2D eigenvalue weighted by Gasteiger charge is 2.26. The maximum Gasteiger partial charge on any atom is 0.261 e. The van der Waals surface area contributed by atoms with Gasteiger partial charge in [0, 0.05) is 23.7 Å². The minimum Gasteiger partial charge on any atom is -0.497 e. The summed E-state index contributed by atoms with van der Waals surface area (Å²) < 4.78 is 10.4. The number of methoxy groups -OCH3 is 2. The molecule has 26 heavy (non-hydrogen) atoms. The number of Topliss-reactive ketones (excluding diaryl/α,β-unsaturated/α-hetero) is 1. The van der Waals surface area contributed by atoms with Crippen LogP contribution in [0.15, 0.2) is 29.1 Å². The van der Waals surface area contributed by atoms with Crippen LogP contribution in [0.3, 0.4) is 0 Å². The highest BCUT2D eigenvalue weighted by atomic mass is 16.5. The molecule has 7 nitrogen and oxygen atoms in total. The minimum atomic E-state index is -0.607. The second kappa shape index (κ2) is 7.03.